The molecule has 0 saturated heterocycles. The average Bonchev–Trinajstić information content (AvgIpc) is 2.36. The van der Waals surface area contributed by atoms with Crippen LogP contribution in [-0.2, 0) is 0 Å². The van der Waals surface area contributed by atoms with Crippen LogP contribution in [0.25, 0.3) is 0 Å². The fourth-order valence-electron chi connectivity index (χ4n) is 2.07. The molecule has 0 spiro atoms. The van der Waals surface area contributed by atoms with Crippen LogP contribution in [0.15, 0.2) is 29.2 Å². The van der Waals surface area contributed by atoms with Gasteiger partial charge in [-0.05, 0) is 38.9 Å². The van der Waals surface area contributed by atoms with Crippen LogP contribution in [-0.4, -0.2) is 18.3 Å². The number of hydrogen-bond donors (Lipinski definition) is 1. The molecule has 2 atom stereocenters. The summed E-state index contributed by atoms with van der Waals surface area (Å²) >= 11 is 2.01. The Bertz CT molecular complexity index is 307. The molecule has 0 aromatic heterocycles. The van der Waals surface area contributed by atoms with Gasteiger partial charge in [-0.25, -0.2) is 0 Å². The minimum Gasteiger partial charge on any atom is -0.316 e. The van der Waals surface area contributed by atoms with Crippen molar-refractivity contribution in [3.8, 4) is 0 Å². The lowest BCUT2D eigenvalue weighted by molar-refractivity contribution is 0.490. The van der Waals surface area contributed by atoms with E-state index in [1.807, 2.05) is 11.8 Å². The van der Waals surface area contributed by atoms with Crippen LogP contribution in [0.1, 0.15) is 38.7 Å². The Balaban J connectivity index is 2.64. The van der Waals surface area contributed by atoms with Crippen molar-refractivity contribution >= 4 is 11.8 Å². The van der Waals surface area contributed by atoms with Crippen LogP contribution in [0, 0.1) is 6.92 Å². The van der Waals surface area contributed by atoms with E-state index in [1.165, 1.54) is 29.7 Å². The fourth-order valence-corrected chi connectivity index (χ4v) is 3.31. The quantitative estimate of drug-likeness (QED) is 0.727. The molecule has 96 valence electrons. The third kappa shape index (κ3) is 4.72. The van der Waals surface area contributed by atoms with E-state index in [1.54, 1.807) is 0 Å². The SMILES string of the molecule is CCCC(NC)C(CC)Sc1ccc(C)cc1. The predicted molar refractivity (Wildman–Crippen MR) is 78.9 cm³/mol. The Morgan fingerprint density at radius 2 is 1.82 bits per heavy atom. The van der Waals surface area contributed by atoms with Crippen molar-refractivity contribution in [1.82, 2.24) is 5.32 Å². The summed E-state index contributed by atoms with van der Waals surface area (Å²) in [7, 11) is 2.08. The first-order valence-electron chi connectivity index (χ1n) is 6.61. The van der Waals surface area contributed by atoms with Crippen molar-refractivity contribution in [1.29, 1.82) is 0 Å². The zero-order chi connectivity index (χ0) is 12.7. The average molecular weight is 251 g/mol. The normalized spacial score (nSPS) is 14.6. The molecule has 1 N–H and O–H groups in total. The minimum absolute atomic E-state index is 0.622. The third-order valence-corrected chi connectivity index (χ3v) is 4.64. The number of hydrogen-bond acceptors (Lipinski definition) is 2. The van der Waals surface area contributed by atoms with Gasteiger partial charge in [0, 0.05) is 16.2 Å². The molecule has 0 bridgehead atoms. The molecular formula is C15H25NS. The van der Waals surface area contributed by atoms with Crippen LogP contribution in [0.3, 0.4) is 0 Å². The summed E-state index contributed by atoms with van der Waals surface area (Å²) in [5, 5.41) is 4.13. The van der Waals surface area contributed by atoms with Crippen LogP contribution in [0.5, 0.6) is 0 Å². The molecule has 0 heterocycles. The first kappa shape index (κ1) is 14.6. The molecule has 1 nitrogen and oxygen atoms in total. The van der Waals surface area contributed by atoms with Crippen LogP contribution in [0.2, 0.25) is 0 Å². The van der Waals surface area contributed by atoms with E-state index in [0.717, 1.165) is 0 Å². The highest BCUT2D eigenvalue weighted by atomic mass is 32.2. The largest absolute Gasteiger partial charge is 0.316 e. The summed E-state index contributed by atoms with van der Waals surface area (Å²) in [4.78, 5) is 1.39. The lowest BCUT2D eigenvalue weighted by Gasteiger charge is -2.25. The number of thioether (sulfide) groups is 1. The third-order valence-electron chi connectivity index (χ3n) is 3.13. The fraction of sp³-hybridized carbons (Fsp3) is 0.600. The second-order valence-electron chi connectivity index (χ2n) is 4.56. The monoisotopic (exact) mass is 251 g/mol. The van der Waals surface area contributed by atoms with E-state index in [0.29, 0.717) is 11.3 Å². The van der Waals surface area contributed by atoms with E-state index >= 15 is 0 Å². The van der Waals surface area contributed by atoms with Crippen molar-refractivity contribution in [2.24, 2.45) is 0 Å². The van der Waals surface area contributed by atoms with Gasteiger partial charge in [-0.1, -0.05) is 38.0 Å². The molecule has 0 aliphatic carbocycles. The van der Waals surface area contributed by atoms with Crippen LogP contribution >= 0.6 is 11.8 Å². The lowest BCUT2D eigenvalue weighted by Crippen LogP contribution is -2.35. The summed E-state index contributed by atoms with van der Waals surface area (Å²) in [6, 6.07) is 9.49. The molecule has 0 radical (unpaired) electrons. The zero-order valence-electron chi connectivity index (χ0n) is 11.5. The van der Waals surface area contributed by atoms with Gasteiger partial charge in [-0.2, -0.15) is 0 Å². The second kappa shape index (κ2) is 7.78. The van der Waals surface area contributed by atoms with Gasteiger partial charge in [0.2, 0.25) is 0 Å². The first-order valence-corrected chi connectivity index (χ1v) is 7.49. The van der Waals surface area contributed by atoms with Gasteiger partial charge < -0.3 is 5.32 Å². The predicted octanol–water partition coefficient (Wildman–Crippen LogP) is 4.25. The van der Waals surface area contributed by atoms with Crippen molar-refractivity contribution in [3.05, 3.63) is 29.8 Å². The molecule has 1 rings (SSSR count). The number of rotatable bonds is 7. The van der Waals surface area contributed by atoms with E-state index in [2.05, 4.69) is 57.4 Å². The summed E-state index contributed by atoms with van der Waals surface area (Å²) in [6.07, 6.45) is 3.72. The number of aryl methyl sites for hydroxylation is 1. The molecule has 0 saturated carbocycles. The van der Waals surface area contributed by atoms with Gasteiger partial charge in [-0.3, -0.25) is 0 Å². The van der Waals surface area contributed by atoms with Crippen molar-refractivity contribution < 1.29 is 0 Å². The highest BCUT2D eigenvalue weighted by Crippen LogP contribution is 2.29. The molecule has 0 amide bonds. The molecular weight excluding hydrogens is 226 g/mol. The van der Waals surface area contributed by atoms with E-state index in [4.69, 9.17) is 0 Å². The second-order valence-corrected chi connectivity index (χ2v) is 5.87. The summed E-state index contributed by atoms with van der Waals surface area (Å²) in [5.74, 6) is 0. The van der Waals surface area contributed by atoms with E-state index in [-0.39, 0.29) is 0 Å². The van der Waals surface area contributed by atoms with Crippen molar-refractivity contribution in [2.45, 2.75) is 56.2 Å². The standard InChI is InChI=1S/C15H25NS/c1-5-7-14(16-4)15(6-2)17-13-10-8-12(3)9-11-13/h8-11,14-16H,5-7H2,1-4H3. The Morgan fingerprint density at radius 1 is 1.18 bits per heavy atom. The molecule has 1 aromatic carbocycles. The van der Waals surface area contributed by atoms with Gasteiger partial charge in [0.1, 0.15) is 0 Å². The molecule has 0 aliphatic heterocycles. The smallest absolute Gasteiger partial charge is 0.0245 e. The highest BCUT2D eigenvalue weighted by Gasteiger charge is 2.18. The maximum absolute atomic E-state index is 3.46. The molecule has 1 aromatic rings. The molecule has 0 aliphatic rings. The first-order chi connectivity index (χ1) is 8.21. The number of nitrogens with one attached hydrogen (secondary N) is 1. The van der Waals surface area contributed by atoms with Gasteiger partial charge in [0.25, 0.3) is 0 Å². The maximum Gasteiger partial charge on any atom is 0.0245 e. The van der Waals surface area contributed by atoms with E-state index in [9.17, 15) is 0 Å². The summed E-state index contributed by atoms with van der Waals surface area (Å²) in [6.45, 7) is 6.68. The van der Waals surface area contributed by atoms with Crippen LogP contribution in [0.4, 0.5) is 0 Å². The Kier molecular flexibility index (Phi) is 6.68. The number of benzene rings is 1. The van der Waals surface area contributed by atoms with Crippen molar-refractivity contribution in [2.75, 3.05) is 7.05 Å². The Hall–Kier alpha value is -0.470. The summed E-state index contributed by atoms with van der Waals surface area (Å²) < 4.78 is 0. The Morgan fingerprint density at radius 3 is 2.29 bits per heavy atom. The maximum atomic E-state index is 3.46. The lowest BCUT2D eigenvalue weighted by atomic mass is 10.1. The Labute approximate surface area is 110 Å². The zero-order valence-corrected chi connectivity index (χ0v) is 12.3. The summed E-state index contributed by atoms with van der Waals surface area (Å²) in [5.41, 5.74) is 1.33. The molecule has 17 heavy (non-hydrogen) atoms. The van der Waals surface area contributed by atoms with Gasteiger partial charge in [0.05, 0.1) is 0 Å². The highest BCUT2D eigenvalue weighted by molar-refractivity contribution is 8.00. The molecule has 2 heteroatoms. The van der Waals surface area contributed by atoms with Crippen LogP contribution < -0.4 is 5.32 Å². The van der Waals surface area contributed by atoms with E-state index < -0.39 is 0 Å². The van der Waals surface area contributed by atoms with Gasteiger partial charge >= 0.3 is 0 Å². The van der Waals surface area contributed by atoms with Gasteiger partial charge in [0.15, 0.2) is 0 Å². The van der Waals surface area contributed by atoms with Gasteiger partial charge in [-0.15, -0.1) is 11.8 Å². The van der Waals surface area contributed by atoms with Crippen molar-refractivity contribution in [3.63, 3.8) is 0 Å². The molecule has 0 fully saturated rings. The minimum atomic E-state index is 0.622. The topological polar surface area (TPSA) is 12.0 Å². The molecule has 2 unspecified atom stereocenters.